The molecule has 0 aliphatic carbocycles. The number of imidazole rings is 1. The third-order valence-electron chi connectivity index (χ3n) is 2.50. The van der Waals surface area contributed by atoms with Crippen LogP contribution in [0.15, 0.2) is 17.2 Å². The fourth-order valence-electron chi connectivity index (χ4n) is 1.54. The molecule has 2 heterocycles. The van der Waals surface area contributed by atoms with Crippen molar-refractivity contribution in [1.82, 2.24) is 25.2 Å². The Balaban J connectivity index is 1.92. The van der Waals surface area contributed by atoms with E-state index in [1.807, 2.05) is 17.7 Å². The monoisotopic (exact) mass is 235 g/mol. The Morgan fingerprint density at radius 1 is 1.41 bits per heavy atom. The molecule has 0 aliphatic heterocycles. The molecule has 92 valence electrons. The third kappa shape index (κ3) is 3.13. The smallest absolute Gasteiger partial charge is 0.127 e. The zero-order valence-electron chi connectivity index (χ0n) is 10.2. The van der Waals surface area contributed by atoms with E-state index in [1.165, 1.54) is 0 Å². The highest BCUT2D eigenvalue weighted by molar-refractivity contribution is 5.07. The maximum absolute atomic E-state index is 4.66. The lowest BCUT2D eigenvalue weighted by Crippen LogP contribution is -2.13. The maximum Gasteiger partial charge on any atom is 0.127 e. The van der Waals surface area contributed by atoms with Crippen LogP contribution in [0.3, 0.4) is 0 Å². The molecule has 0 aromatic carbocycles. The van der Waals surface area contributed by atoms with Gasteiger partial charge in [0.05, 0.1) is 18.6 Å². The quantitative estimate of drug-likeness (QED) is 0.760. The summed E-state index contributed by atoms with van der Waals surface area (Å²) < 4.78 is 6.64. The molecule has 2 aromatic rings. The molecule has 0 aliphatic rings. The van der Waals surface area contributed by atoms with Crippen molar-refractivity contribution in [1.29, 1.82) is 0 Å². The number of hydrogen-bond donors (Lipinski definition) is 1. The van der Waals surface area contributed by atoms with Gasteiger partial charge in [-0.2, -0.15) is 0 Å². The van der Waals surface area contributed by atoms with E-state index in [0.717, 1.165) is 36.6 Å². The molecule has 0 atom stereocenters. The molecule has 2 rings (SSSR count). The molecule has 17 heavy (non-hydrogen) atoms. The summed E-state index contributed by atoms with van der Waals surface area (Å²) >= 11 is 0. The minimum Gasteiger partial charge on any atom is -0.331 e. The van der Waals surface area contributed by atoms with Crippen molar-refractivity contribution >= 4 is 0 Å². The molecular formula is C11H17N5O. The minimum absolute atomic E-state index is 0.649. The highest BCUT2D eigenvalue weighted by Crippen LogP contribution is 2.04. The molecule has 0 spiro atoms. The lowest BCUT2D eigenvalue weighted by atomic mass is 10.3. The number of rotatable bonds is 6. The second kappa shape index (κ2) is 5.58. The number of nitrogens with one attached hydrogen (secondary N) is 1. The first-order valence-electron chi connectivity index (χ1n) is 5.79. The van der Waals surface area contributed by atoms with E-state index in [2.05, 4.69) is 32.2 Å². The molecule has 0 bridgehead atoms. The van der Waals surface area contributed by atoms with Crippen LogP contribution in [-0.4, -0.2) is 26.4 Å². The normalized spacial score (nSPS) is 10.9. The summed E-state index contributed by atoms with van der Waals surface area (Å²) in [4.78, 5) is 4.32. The fourth-order valence-corrected chi connectivity index (χ4v) is 1.54. The zero-order valence-corrected chi connectivity index (χ0v) is 10.2. The summed E-state index contributed by atoms with van der Waals surface area (Å²) in [7, 11) is 0. The second-order valence-corrected chi connectivity index (χ2v) is 4.01. The van der Waals surface area contributed by atoms with Gasteiger partial charge in [-0.05, 0) is 19.9 Å². The highest BCUT2D eigenvalue weighted by Gasteiger charge is 2.06. The Kier molecular flexibility index (Phi) is 3.87. The molecule has 6 heteroatoms. The van der Waals surface area contributed by atoms with Gasteiger partial charge >= 0.3 is 0 Å². The number of aromatic nitrogens is 4. The number of hydrogen-bond acceptors (Lipinski definition) is 5. The van der Waals surface area contributed by atoms with Crippen molar-refractivity contribution in [2.45, 2.75) is 33.4 Å². The van der Waals surface area contributed by atoms with Crippen molar-refractivity contribution in [3.8, 4) is 0 Å². The Morgan fingerprint density at radius 3 is 3.00 bits per heavy atom. The second-order valence-electron chi connectivity index (χ2n) is 4.01. The van der Waals surface area contributed by atoms with Crippen molar-refractivity contribution in [2.75, 3.05) is 6.54 Å². The summed E-state index contributed by atoms with van der Waals surface area (Å²) in [6.45, 7) is 6.49. The van der Waals surface area contributed by atoms with E-state index >= 15 is 0 Å². The van der Waals surface area contributed by atoms with Gasteiger partial charge in [0.25, 0.3) is 0 Å². The van der Waals surface area contributed by atoms with Crippen LogP contribution >= 0.6 is 0 Å². The Labute approximate surface area is 100 Å². The molecule has 0 radical (unpaired) electrons. The van der Waals surface area contributed by atoms with E-state index in [1.54, 1.807) is 6.33 Å². The molecule has 1 N–H and O–H groups in total. The SMILES string of the molecule is CCCNCc1cn(Cc2nonc2C)cn1. The summed E-state index contributed by atoms with van der Waals surface area (Å²) in [5, 5.41) is 10.9. The third-order valence-corrected chi connectivity index (χ3v) is 2.50. The average molecular weight is 235 g/mol. The van der Waals surface area contributed by atoms with Gasteiger partial charge < -0.3 is 9.88 Å². The van der Waals surface area contributed by atoms with Gasteiger partial charge in [-0.25, -0.2) is 9.61 Å². The molecule has 0 unspecified atom stereocenters. The van der Waals surface area contributed by atoms with Gasteiger partial charge in [-0.3, -0.25) is 0 Å². The van der Waals surface area contributed by atoms with E-state index in [4.69, 9.17) is 0 Å². The Bertz CT molecular complexity index is 462. The van der Waals surface area contributed by atoms with Gasteiger partial charge in [-0.1, -0.05) is 17.2 Å². The fraction of sp³-hybridized carbons (Fsp3) is 0.545. The van der Waals surface area contributed by atoms with Crippen LogP contribution < -0.4 is 5.32 Å². The van der Waals surface area contributed by atoms with Gasteiger partial charge in [0.2, 0.25) is 0 Å². The van der Waals surface area contributed by atoms with Crippen LogP contribution in [0.2, 0.25) is 0 Å². The molecule has 0 saturated heterocycles. The first-order chi connectivity index (χ1) is 8.29. The number of nitrogens with zero attached hydrogens (tertiary/aromatic N) is 4. The van der Waals surface area contributed by atoms with Gasteiger partial charge in [0.1, 0.15) is 11.4 Å². The largest absolute Gasteiger partial charge is 0.331 e. The van der Waals surface area contributed by atoms with Crippen LogP contribution in [0, 0.1) is 6.92 Å². The van der Waals surface area contributed by atoms with Crippen molar-refractivity contribution in [3.05, 3.63) is 29.6 Å². The molecule has 6 nitrogen and oxygen atoms in total. The summed E-state index contributed by atoms with van der Waals surface area (Å²) in [5.41, 5.74) is 2.70. The van der Waals surface area contributed by atoms with Crippen molar-refractivity contribution < 1.29 is 4.63 Å². The summed E-state index contributed by atoms with van der Waals surface area (Å²) in [5.74, 6) is 0. The first kappa shape index (κ1) is 11.8. The standard InChI is InChI=1S/C11H17N5O/c1-3-4-12-5-10-6-16(8-13-10)7-11-9(2)14-17-15-11/h6,8,12H,3-5,7H2,1-2H3. The van der Waals surface area contributed by atoms with Gasteiger partial charge in [-0.15, -0.1) is 0 Å². The van der Waals surface area contributed by atoms with Crippen LogP contribution in [0.25, 0.3) is 0 Å². The minimum atomic E-state index is 0.649. The van der Waals surface area contributed by atoms with E-state index in [-0.39, 0.29) is 0 Å². The van der Waals surface area contributed by atoms with Gasteiger partial charge in [0, 0.05) is 12.7 Å². The number of aryl methyl sites for hydroxylation is 1. The van der Waals surface area contributed by atoms with Crippen LogP contribution in [0.5, 0.6) is 0 Å². The Hall–Kier alpha value is -1.69. The van der Waals surface area contributed by atoms with E-state index in [9.17, 15) is 0 Å². The van der Waals surface area contributed by atoms with Crippen LogP contribution in [0.4, 0.5) is 0 Å². The zero-order chi connectivity index (χ0) is 12.1. The predicted molar refractivity (Wildman–Crippen MR) is 62.4 cm³/mol. The molecule has 0 fully saturated rings. The van der Waals surface area contributed by atoms with Crippen LogP contribution in [-0.2, 0) is 13.1 Å². The highest BCUT2D eigenvalue weighted by atomic mass is 16.6. The molecule has 2 aromatic heterocycles. The molecule has 0 amide bonds. The average Bonchev–Trinajstić information content (AvgIpc) is 2.91. The maximum atomic E-state index is 4.66. The van der Waals surface area contributed by atoms with Gasteiger partial charge in [0.15, 0.2) is 0 Å². The van der Waals surface area contributed by atoms with Crippen molar-refractivity contribution in [2.24, 2.45) is 0 Å². The lowest BCUT2D eigenvalue weighted by Gasteiger charge is -1.99. The molecule has 0 saturated carbocycles. The van der Waals surface area contributed by atoms with E-state index in [0.29, 0.717) is 6.54 Å². The Morgan fingerprint density at radius 2 is 2.29 bits per heavy atom. The first-order valence-corrected chi connectivity index (χ1v) is 5.79. The summed E-state index contributed by atoms with van der Waals surface area (Å²) in [6, 6.07) is 0. The van der Waals surface area contributed by atoms with Crippen molar-refractivity contribution in [3.63, 3.8) is 0 Å². The lowest BCUT2D eigenvalue weighted by molar-refractivity contribution is 0.300. The summed E-state index contributed by atoms with van der Waals surface area (Å²) in [6.07, 6.45) is 4.94. The topological polar surface area (TPSA) is 68.8 Å². The van der Waals surface area contributed by atoms with Crippen LogP contribution in [0.1, 0.15) is 30.4 Å². The molecular weight excluding hydrogens is 218 g/mol. The van der Waals surface area contributed by atoms with E-state index < -0.39 is 0 Å². The predicted octanol–water partition coefficient (Wildman–Crippen LogP) is 1.12.